The van der Waals surface area contributed by atoms with E-state index in [9.17, 15) is 0 Å². The van der Waals surface area contributed by atoms with Crippen LogP contribution in [0.3, 0.4) is 0 Å². The molecule has 1 heterocycles. The summed E-state index contributed by atoms with van der Waals surface area (Å²) in [5, 5.41) is 0. The van der Waals surface area contributed by atoms with Crippen LogP contribution in [0.2, 0.25) is 0 Å². The van der Waals surface area contributed by atoms with Crippen LogP contribution >= 0.6 is 0 Å². The topological polar surface area (TPSA) is 21.7 Å². The lowest BCUT2D eigenvalue weighted by molar-refractivity contribution is -0.0939. The highest BCUT2D eigenvalue weighted by Crippen LogP contribution is 2.12. The molecule has 1 aliphatic heterocycles. The van der Waals surface area contributed by atoms with Gasteiger partial charge in [-0.05, 0) is 7.05 Å². The normalized spacial score (nSPS) is 32.6. The van der Waals surface area contributed by atoms with Gasteiger partial charge in [0.2, 0.25) is 0 Å². The summed E-state index contributed by atoms with van der Waals surface area (Å²) in [4.78, 5) is 2.11. The van der Waals surface area contributed by atoms with Crippen molar-refractivity contribution in [3.05, 3.63) is 12.2 Å². The molecule has 2 unspecified atom stereocenters. The fourth-order valence-corrected chi connectivity index (χ4v) is 1.32. The molecule has 0 aromatic heterocycles. The standard InChI is InChI=1S/C8H15NO2/c1-9-6-4-5-7(10-2)8(9)11-3/h4-5,7-8H,6H2,1-3H3. The minimum Gasteiger partial charge on any atom is -0.373 e. The lowest BCUT2D eigenvalue weighted by Crippen LogP contribution is -2.45. The van der Waals surface area contributed by atoms with Crippen LogP contribution in [0.15, 0.2) is 12.2 Å². The molecule has 64 valence electrons. The van der Waals surface area contributed by atoms with Gasteiger partial charge in [-0.2, -0.15) is 0 Å². The molecule has 0 N–H and O–H groups in total. The Morgan fingerprint density at radius 2 is 2.09 bits per heavy atom. The number of hydrogen-bond acceptors (Lipinski definition) is 3. The third-order valence-corrected chi connectivity index (χ3v) is 1.95. The van der Waals surface area contributed by atoms with Crippen molar-refractivity contribution < 1.29 is 9.47 Å². The maximum atomic E-state index is 5.26. The number of methoxy groups -OCH3 is 2. The molecule has 1 rings (SSSR count). The van der Waals surface area contributed by atoms with Crippen LogP contribution in [-0.4, -0.2) is 45.0 Å². The number of nitrogens with zero attached hydrogens (tertiary/aromatic N) is 1. The maximum absolute atomic E-state index is 5.26. The van der Waals surface area contributed by atoms with Crippen LogP contribution in [0, 0.1) is 0 Å². The van der Waals surface area contributed by atoms with Crippen molar-refractivity contribution in [2.24, 2.45) is 0 Å². The second-order valence-corrected chi connectivity index (χ2v) is 2.69. The summed E-state index contributed by atoms with van der Waals surface area (Å²) >= 11 is 0. The van der Waals surface area contributed by atoms with Gasteiger partial charge in [0.05, 0.1) is 0 Å². The molecule has 0 saturated carbocycles. The Balaban J connectivity index is 2.61. The molecule has 0 fully saturated rings. The zero-order valence-corrected chi connectivity index (χ0v) is 7.28. The molecule has 0 aliphatic carbocycles. The van der Waals surface area contributed by atoms with Crippen LogP contribution in [0.5, 0.6) is 0 Å². The highest BCUT2D eigenvalue weighted by atomic mass is 16.5. The Bertz CT molecular complexity index is 147. The largest absolute Gasteiger partial charge is 0.373 e. The molecule has 0 amide bonds. The monoisotopic (exact) mass is 157 g/mol. The molecule has 0 aromatic carbocycles. The van der Waals surface area contributed by atoms with Crippen molar-refractivity contribution in [3.8, 4) is 0 Å². The van der Waals surface area contributed by atoms with E-state index in [1.807, 2.05) is 13.1 Å². The van der Waals surface area contributed by atoms with Crippen LogP contribution in [0.4, 0.5) is 0 Å². The van der Waals surface area contributed by atoms with Crippen molar-refractivity contribution in [2.75, 3.05) is 27.8 Å². The third-order valence-electron chi connectivity index (χ3n) is 1.95. The van der Waals surface area contributed by atoms with Gasteiger partial charge in [-0.1, -0.05) is 12.2 Å². The van der Waals surface area contributed by atoms with E-state index in [0.29, 0.717) is 0 Å². The molecular formula is C8H15NO2. The first-order valence-corrected chi connectivity index (χ1v) is 3.72. The fraction of sp³-hybridized carbons (Fsp3) is 0.750. The minimum absolute atomic E-state index is 0.0602. The Morgan fingerprint density at radius 1 is 1.36 bits per heavy atom. The first-order valence-electron chi connectivity index (χ1n) is 3.72. The number of likely N-dealkylation sites (N-methyl/N-ethyl adjacent to an activating group) is 1. The summed E-state index contributed by atoms with van der Waals surface area (Å²) in [6, 6.07) is 0. The van der Waals surface area contributed by atoms with Gasteiger partial charge >= 0.3 is 0 Å². The zero-order valence-electron chi connectivity index (χ0n) is 7.28. The number of rotatable bonds is 2. The average Bonchev–Trinajstić information content (AvgIpc) is 2.04. The van der Waals surface area contributed by atoms with Gasteiger partial charge in [0.25, 0.3) is 0 Å². The van der Waals surface area contributed by atoms with Gasteiger partial charge in [0.1, 0.15) is 12.3 Å². The predicted molar refractivity (Wildman–Crippen MR) is 43.4 cm³/mol. The lowest BCUT2D eigenvalue weighted by Gasteiger charge is -2.33. The first kappa shape index (κ1) is 8.71. The van der Waals surface area contributed by atoms with Crippen molar-refractivity contribution in [1.29, 1.82) is 0 Å². The van der Waals surface area contributed by atoms with Gasteiger partial charge in [0, 0.05) is 20.8 Å². The smallest absolute Gasteiger partial charge is 0.140 e. The molecule has 0 aromatic rings. The molecule has 1 aliphatic rings. The minimum atomic E-state index is 0.0602. The van der Waals surface area contributed by atoms with Gasteiger partial charge in [0.15, 0.2) is 0 Å². The average molecular weight is 157 g/mol. The molecular weight excluding hydrogens is 142 g/mol. The fourth-order valence-electron chi connectivity index (χ4n) is 1.32. The van der Waals surface area contributed by atoms with E-state index in [0.717, 1.165) is 6.54 Å². The SMILES string of the molecule is COC1C=CCN(C)C1OC. The molecule has 2 atom stereocenters. The highest BCUT2D eigenvalue weighted by Gasteiger charge is 2.24. The van der Waals surface area contributed by atoms with E-state index in [1.54, 1.807) is 14.2 Å². The van der Waals surface area contributed by atoms with Crippen LogP contribution < -0.4 is 0 Å². The van der Waals surface area contributed by atoms with E-state index in [-0.39, 0.29) is 12.3 Å². The maximum Gasteiger partial charge on any atom is 0.140 e. The van der Waals surface area contributed by atoms with E-state index >= 15 is 0 Å². The van der Waals surface area contributed by atoms with E-state index in [4.69, 9.17) is 9.47 Å². The molecule has 11 heavy (non-hydrogen) atoms. The molecule has 3 nitrogen and oxygen atoms in total. The zero-order chi connectivity index (χ0) is 8.27. The molecule has 0 spiro atoms. The Hall–Kier alpha value is -0.380. The Kier molecular flexibility index (Phi) is 3.05. The molecule has 0 radical (unpaired) electrons. The summed E-state index contributed by atoms with van der Waals surface area (Å²) in [5.41, 5.74) is 0. The summed E-state index contributed by atoms with van der Waals surface area (Å²) in [6.07, 6.45) is 4.25. The predicted octanol–water partition coefficient (Wildman–Crippen LogP) is 0.476. The van der Waals surface area contributed by atoms with Gasteiger partial charge in [-0.3, -0.25) is 4.90 Å². The second-order valence-electron chi connectivity index (χ2n) is 2.69. The van der Waals surface area contributed by atoms with Crippen molar-refractivity contribution in [3.63, 3.8) is 0 Å². The summed E-state index contributed by atoms with van der Waals surface area (Å²) in [6.45, 7) is 0.929. The van der Waals surface area contributed by atoms with Crippen molar-refractivity contribution >= 4 is 0 Å². The summed E-state index contributed by atoms with van der Waals surface area (Å²) in [7, 11) is 5.41. The summed E-state index contributed by atoms with van der Waals surface area (Å²) in [5.74, 6) is 0. The highest BCUT2D eigenvalue weighted by molar-refractivity contribution is 5.00. The second kappa shape index (κ2) is 3.85. The Morgan fingerprint density at radius 3 is 2.55 bits per heavy atom. The van der Waals surface area contributed by atoms with Crippen LogP contribution in [0.25, 0.3) is 0 Å². The third kappa shape index (κ3) is 1.80. The van der Waals surface area contributed by atoms with E-state index < -0.39 is 0 Å². The number of hydrogen-bond donors (Lipinski definition) is 0. The first-order chi connectivity index (χ1) is 5.29. The summed E-state index contributed by atoms with van der Waals surface area (Å²) < 4.78 is 10.5. The van der Waals surface area contributed by atoms with Crippen molar-refractivity contribution in [2.45, 2.75) is 12.3 Å². The lowest BCUT2D eigenvalue weighted by atomic mass is 10.2. The van der Waals surface area contributed by atoms with E-state index in [2.05, 4.69) is 11.0 Å². The number of ether oxygens (including phenoxy) is 2. The van der Waals surface area contributed by atoms with Crippen molar-refractivity contribution in [1.82, 2.24) is 4.90 Å². The molecule has 0 bridgehead atoms. The Labute approximate surface area is 67.6 Å². The van der Waals surface area contributed by atoms with Gasteiger partial charge < -0.3 is 9.47 Å². The molecule has 0 saturated heterocycles. The molecule has 3 heteroatoms. The van der Waals surface area contributed by atoms with Crippen LogP contribution in [-0.2, 0) is 9.47 Å². The van der Waals surface area contributed by atoms with Gasteiger partial charge in [-0.25, -0.2) is 0 Å². The van der Waals surface area contributed by atoms with E-state index in [1.165, 1.54) is 0 Å². The quantitative estimate of drug-likeness (QED) is 0.544. The van der Waals surface area contributed by atoms with Crippen LogP contribution in [0.1, 0.15) is 0 Å². The van der Waals surface area contributed by atoms with Gasteiger partial charge in [-0.15, -0.1) is 0 Å².